The number of aliphatic hydroxyl groups is 1. The van der Waals surface area contributed by atoms with Crippen molar-refractivity contribution in [2.24, 2.45) is 0 Å². The van der Waals surface area contributed by atoms with Crippen LogP contribution in [-0.2, 0) is 9.59 Å². The van der Waals surface area contributed by atoms with E-state index in [2.05, 4.69) is 9.97 Å². The number of para-hydroxylation sites is 2. The molecular formula is C26H19Cl2N3O5. The predicted octanol–water partition coefficient (Wildman–Crippen LogP) is 5.51. The molecule has 2 heterocycles. The van der Waals surface area contributed by atoms with Gasteiger partial charge < -0.3 is 19.6 Å². The molecular weight excluding hydrogens is 505 g/mol. The van der Waals surface area contributed by atoms with Crippen molar-refractivity contribution < 1.29 is 24.2 Å². The average molecular weight is 524 g/mol. The maximum Gasteiger partial charge on any atom is 0.302 e. The number of aromatic nitrogens is 2. The van der Waals surface area contributed by atoms with E-state index < -0.39 is 23.5 Å². The first kappa shape index (κ1) is 23.7. The van der Waals surface area contributed by atoms with Crippen LogP contribution < -0.4 is 14.4 Å². The third-order valence-corrected chi connectivity index (χ3v) is 6.58. The van der Waals surface area contributed by atoms with E-state index in [1.807, 2.05) is 24.3 Å². The smallest absolute Gasteiger partial charge is 0.302 e. The van der Waals surface area contributed by atoms with Crippen LogP contribution in [0.15, 0.2) is 66.2 Å². The highest BCUT2D eigenvalue weighted by Crippen LogP contribution is 2.47. The van der Waals surface area contributed by atoms with Crippen molar-refractivity contribution in [1.29, 1.82) is 0 Å². The number of Topliss-reactive ketones (excluding diaryl/α,β-unsaturated/α-hetero) is 1. The molecule has 0 bridgehead atoms. The average Bonchev–Trinajstić information content (AvgIpc) is 3.42. The molecule has 10 heteroatoms. The summed E-state index contributed by atoms with van der Waals surface area (Å²) in [5.74, 6) is -1.89. The summed E-state index contributed by atoms with van der Waals surface area (Å²) in [7, 11) is 2.74. The van der Waals surface area contributed by atoms with Crippen LogP contribution >= 0.6 is 23.2 Å². The molecule has 5 rings (SSSR count). The lowest BCUT2D eigenvalue weighted by Crippen LogP contribution is -2.30. The van der Waals surface area contributed by atoms with Gasteiger partial charge in [-0.1, -0.05) is 65.7 Å². The van der Waals surface area contributed by atoms with Gasteiger partial charge in [0.05, 0.1) is 47.5 Å². The number of imidazole rings is 1. The second-order valence-electron chi connectivity index (χ2n) is 7.94. The zero-order valence-corrected chi connectivity index (χ0v) is 20.6. The molecule has 1 aliphatic heterocycles. The topological polar surface area (TPSA) is 105 Å². The lowest BCUT2D eigenvalue weighted by Gasteiger charge is -2.23. The van der Waals surface area contributed by atoms with Gasteiger partial charge in [0.1, 0.15) is 10.8 Å². The molecule has 1 aromatic heterocycles. The molecule has 0 saturated carbocycles. The highest BCUT2D eigenvalue weighted by molar-refractivity contribution is 6.51. The Balaban J connectivity index is 1.77. The fourth-order valence-corrected chi connectivity index (χ4v) is 5.03. The number of aliphatic hydroxyl groups excluding tert-OH is 1. The number of hydrogen-bond donors (Lipinski definition) is 2. The van der Waals surface area contributed by atoms with Crippen LogP contribution in [0.25, 0.3) is 16.8 Å². The molecule has 0 radical (unpaired) electrons. The number of nitrogens with zero attached hydrogens (tertiary/aromatic N) is 2. The summed E-state index contributed by atoms with van der Waals surface area (Å²) in [5.41, 5.74) is 1.77. The van der Waals surface area contributed by atoms with Crippen LogP contribution in [0.2, 0.25) is 10.0 Å². The van der Waals surface area contributed by atoms with Gasteiger partial charge in [-0.05, 0) is 23.8 Å². The minimum absolute atomic E-state index is 0.0109. The molecule has 1 amide bonds. The zero-order chi connectivity index (χ0) is 25.6. The molecule has 3 aromatic carbocycles. The summed E-state index contributed by atoms with van der Waals surface area (Å²) < 4.78 is 10.6. The van der Waals surface area contributed by atoms with Crippen LogP contribution in [0.4, 0.5) is 5.95 Å². The lowest BCUT2D eigenvalue weighted by atomic mass is 9.95. The van der Waals surface area contributed by atoms with Gasteiger partial charge in [0.2, 0.25) is 5.95 Å². The van der Waals surface area contributed by atoms with Crippen LogP contribution in [0.5, 0.6) is 11.5 Å². The highest BCUT2D eigenvalue weighted by atomic mass is 35.5. The maximum atomic E-state index is 13.4. The molecule has 1 fully saturated rings. The van der Waals surface area contributed by atoms with E-state index in [-0.39, 0.29) is 38.6 Å². The number of methoxy groups -OCH3 is 2. The van der Waals surface area contributed by atoms with Gasteiger partial charge in [0, 0.05) is 0 Å². The van der Waals surface area contributed by atoms with Crippen LogP contribution in [0, 0.1) is 0 Å². The number of rotatable bonds is 5. The summed E-state index contributed by atoms with van der Waals surface area (Å²) in [6.45, 7) is 0. The second kappa shape index (κ2) is 9.22. The number of nitrogens with one attached hydrogen (secondary N) is 1. The summed E-state index contributed by atoms with van der Waals surface area (Å²) in [4.78, 5) is 35.6. The summed E-state index contributed by atoms with van der Waals surface area (Å²) >= 11 is 12.7. The first-order valence-corrected chi connectivity index (χ1v) is 11.5. The SMILES string of the molecule is COc1c(Cl)cc(/C(O)=C2\C(=O)C(=O)N(c3nc4ccccc4[nH]3)C2c2ccccc2)c(OC)c1Cl. The van der Waals surface area contributed by atoms with E-state index >= 15 is 0 Å². The first-order chi connectivity index (χ1) is 17.4. The van der Waals surface area contributed by atoms with Crippen LogP contribution in [-0.4, -0.2) is 41.0 Å². The van der Waals surface area contributed by atoms with E-state index in [4.69, 9.17) is 32.7 Å². The number of carbonyl (C=O) groups excluding carboxylic acids is 2. The fourth-order valence-electron chi connectivity index (χ4n) is 4.35. The molecule has 1 atom stereocenters. The van der Waals surface area contributed by atoms with Crippen molar-refractivity contribution in [3.63, 3.8) is 0 Å². The van der Waals surface area contributed by atoms with E-state index in [9.17, 15) is 14.7 Å². The second-order valence-corrected chi connectivity index (χ2v) is 8.73. The first-order valence-electron chi connectivity index (χ1n) is 10.8. The number of aromatic amines is 1. The number of ether oxygens (including phenoxy) is 2. The fraction of sp³-hybridized carbons (Fsp3) is 0.115. The Morgan fingerprint density at radius 3 is 2.33 bits per heavy atom. The normalized spacial score (nSPS) is 17.1. The molecule has 0 aliphatic carbocycles. The van der Waals surface area contributed by atoms with Gasteiger partial charge in [-0.25, -0.2) is 4.98 Å². The van der Waals surface area contributed by atoms with E-state index in [0.717, 1.165) is 0 Å². The number of hydrogen-bond acceptors (Lipinski definition) is 6. The van der Waals surface area contributed by atoms with Gasteiger partial charge >= 0.3 is 5.91 Å². The van der Waals surface area contributed by atoms with Crippen molar-refractivity contribution in [1.82, 2.24) is 9.97 Å². The van der Waals surface area contributed by atoms with Crippen LogP contribution in [0.1, 0.15) is 17.2 Å². The Labute approximate surface area is 215 Å². The van der Waals surface area contributed by atoms with Gasteiger partial charge in [-0.2, -0.15) is 0 Å². The summed E-state index contributed by atoms with van der Waals surface area (Å²) in [6, 6.07) is 16.5. The van der Waals surface area contributed by atoms with Gasteiger partial charge in [-0.15, -0.1) is 0 Å². The lowest BCUT2D eigenvalue weighted by molar-refractivity contribution is -0.132. The molecule has 182 valence electrons. The highest BCUT2D eigenvalue weighted by Gasteiger charge is 2.48. The largest absolute Gasteiger partial charge is 0.507 e. The van der Waals surface area contributed by atoms with Gasteiger partial charge in [0.25, 0.3) is 5.78 Å². The van der Waals surface area contributed by atoms with Crippen molar-refractivity contribution in [2.45, 2.75) is 6.04 Å². The van der Waals surface area contributed by atoms with Gasteiger partial charge in [-0.3, -0.25) is 14.5 Å². The van der Waals surface area contributed by atoms with E-state index in [1.54, 1.807) is 30.3 Å². The van der Waals surface area contributed by atoms with Crippen molar-refractivity contribution in [3.05, 3.63) is 87.4 Å². The standard InChI is InChI=1S/C26H19Cl2N3O5/c1-35-23-14(12-15(27)24(36-2)19(23)28)21(32)18-20(13-8-4-3-5-9-13)31(25(34)22(18)33)26-29-16-10-6-7-11-17(16)30-26/h3-12,20,32H,1-2H3,(H,29,30)/b21-18+. The Morgan fingerprint density at radius 2 is 1.67 bits per heavy atom. The number of anilines is 1. The molecule has 8 nitrogen and oxygen atoms in total. The Kier molecular flexibility index (Phi) is 6.07. The molecule has 1 aliphatic rings. The number of ketones is 1. The van der Waals surface area contributed by atoms with Crippen LogP contribution in [0.3, 0.4) is 0 Å². The summed E-state index contributed by atoms with van der Waals surface area (Å²) in [5, 5.41) is 11.6. The minimum Gasteiger partial charge on any atom is -0.507 e. The number of amides is 1. The Morgan fingerprint density at radius 1 is 1.00 bits per heavy atom. The van der Waals surface area contributed by atoms with Crippen molar-refractivity contribution in [3.8, 4) is 11.5 Å². The third-order valence-electron chi connectivity index (χ3n) is 5.96. The number of carbonyl (C=O) groups is 2. The monoisotopic (exact) mass is 523 g/mol. The van der Waals surface area contributed by atoms with Crippen molar-refractivity contribution in [2.75, 3.05) is 19.1 Å². The van der Waals surface area contributed by atoms with Gasteiger partial charge in [0.15, 0.2) is 11.5 Å². The molecule has 1 saturated heterocycles. The quantitative estimate of drug-likeness (QED) is 0.203. The number of benzene rings is 3. The van der Waals surface area contributed by atoms with Crippen molar-refractivity contribution >= 4 is 57.6 Å². The minimum atomic E-state index is -0.990. The number of H-pyrrole nitrogens is 1. The number of halogens is 2. The predicted molar refractivity (Wildman–Crippen MR) is 137 cm³/mol. The van der Waals surface area contributed by atoms with E-state index in [1.165, 1.54) is 25.2 Å². The Hall–Kier alpha value is -4.01. The summed E-state index contributed by atoms with van der Waals surface area (Å²) in [6.07, 6.45) is 0. The molecule has 0 spiro atoms. The molecule has 4 aromatic rings. The number of fused-ring (bicyclic) bond motifs is 1. The molecule has 1 unspecified atom stereocenters. The molecule has 36 heavy (non-hydrogen) atoms. The zero-order valence-electron chi connectivity index (χ0n) is 19.1. The molecule has 2 N–H and O–H groups in total. The Bertz CT molecular complexity index is 1520. The third kappa shape index (κ3) is 3.66. The van der Waals surface area contributed by atoms with E-state index in [0.29, 0.717) is 16.6 Å². The maximum absolute atomic E-state index is 13.4.